The summed E-state index contributed by atoms with van der Waals surface area (Å²) >= 11 is 6.09. The zero-order chi connectivity index (χ0) is 18.3. The first kappa shape index (κ1) is 16.6. The number of aliphatic hydroxyl groups excluding tert-OH is 1. The molecule has 2 N–H and O–H groups in total. The number of nitrogens with zero attached hydrogens (tertiary/aromatic N) is 4. The largest absolute Gasteiger partial charge is 0.368 e. The highest BCUT2D eigenvalue weighted by Gasteiger charge is 2.17. The van der Waals surface area contributed by atoms with Crippen LogP contribution in [0.1, 0.15) is 17.6 Å². The van der Waals surface area contributed by atoms with Crippen LogP contribution in [0.25, 0.3) is 16.9 Å². The molecule has 0 radical (unpaired) electrons. The first-order valence-corrected chi connectivity index (χ1v) is 8.58. The molecule has 3 heterocycles. The van der Waals surface area contributed by atoms with Crippen LogP contribution in [0, 0.1) is 6.92 Å². The molecule has 1 aromatic carbocycles. The van der Waals surface area contributed by atoms with Gasteiger partial charge in [0.2, 0.25) is 0 Å². The molecule has 3 aromatic heterocycles. The zero-order valence-corrected chi connectivity index (χ0v) is 15.1. The van der Waals surface area contributed by atoms with E-state index in [-0.39, 0.29) is 0 Å². The fraction of sp³-hybridized carbons (Fsp3) is 0.158. The maximum atomic E-state index is 10.5. The molecule has 4 aromatic rings. The standard InChI is InChI=1S/C19H18ClN5O/c1-12-17(13-6-4-3-5-7-13)23-16-10-14(8-9-25(12)16)22-19(26)18-15(20)11-21-24(18)2/h3-11,19,22,26H,1-2H3/t19-/m1/s1. The van der Waals surface area contributed by atoms with Crippen LogP contribution in [0.2, 0.25) is 5.02 Å². The van der Waals surface area contributed by atoms with E-state index in [4.69, 9.17) is 16.6 Å². The monoisotopic (exact) mass is 367 g/mol. The number of imidazole rings is 1. The summed E-state index contributed by atoms with van der Waals surface area (Å²) in [6.45, 7) is 2.04. The fourth-order valence-electron chi connectivity index (χ4n) is 3.08. The molecule has 0 amide bonds. The van der Waals surface area contributed by atoms with Crippen molar-refractivity contribution in [2.75, 3.05) is 5.32 Å². The lowest BCUT2D eigenvalue weighted by molar-refractivity contribution is 0.198. The van der Waals surface area contributed by atoms with Gasteiger partial charge in [0.25, 0.3) is 0 Å². The number of aliphatic hydroxyl groups is 1. The normalized spacial score (nSPS) is 12.5. The van der Waals surface area contributed by atoms with Gasteiger partial charge in [-0.25, -0.2) is 4.98 Å². The number of fused-ring (bicyclic) bond motifs is 1. The smallest absolute Gasteiger partial charge is 0.169 e. The molecular weight excluding hydrogens is 350 g/mol. The minimum Gasteiger partial charge on any atom is -0.368 e. The Morgan fingerprint density at radius 2 is 1.96 bits per heavy atom. The highest BCUT2D eigenvalue weighted by molar-refractivity contribution is 6.31. The number of benzene rings is 1. The van der Waals surface area contributed by atoms with Gasteiger partial charge in [0.1, 0.15) is 11.3 Å². The van der Waals surface area contributed by atoms with Crippen LogP contribution in [0.3, 0.4) is 0 Å². The summed E-state index contributed by atoms with van der Waals surface area (Å²) in [5.41, 5.74) is 5.13. The van der Waals surface area contributed by atoms with Crippen molar-refractivity contribution in [3.63, 3.8) is 0 Å². The summed E-state index contributed by atoms with van der Waals surface area (Å²) in [4.78, 5) is 4.75. The van der Waals surface area contributed by atoms with E-state index in [0.29, 0.717) is 10.7 Å². The first-order valence-electron chi connectivity index (χ1n) is 8.20. The third kappa shape index (κ3) is 2.83. The van der Waals surface area contributed by atoms with E-state index in [1.165, 1.54) is 6.20 Å². The Morgan fingerprint density at radius 3 is 2.65 bits per heavy atom. The number of halogens is 1. The van der Waals surface area contributed by atoms with Crippen molar-refractivity contribution in [1.82, 2.24) is 19.2 Å². The second-order valence-corrected chi connectivity index (χ2v) is 6.51. The van der Waals surface area contributed by atoms with Crippen LogP contribution in [-0.2, 0) is 7.05 Å². The van der Waals surface area contributed by atoms with Crippen LogP contribution >= 0.6 is 11.6 Å². The average molecular weight is 368 g/mol. The number of pyridine rings is 1. The van der Waals surface area contributed by atoms with Gasteiger partial charge in [-0.1, -0.05) is 41.9 Å². The highest BCUT2D eigenvalue weighted by Crippen LogP contribution is 2.27. The zero-order valence-electron chi connectivity index (χ0n) is 14.4. The number of aryl methyl sites for hydroxylation is 2. The Bertz CT molecular complexity index is 1050. The SMILES string of the molecule is Cc1c(-c2ccccc2)nc2cc(N[C@H](O)c3c(Cl)cnn3C)ccn12. The van der Waals surface area contributed by atoms with Gasteiger partial charge < -0.3 is 14.8 Å². The second kappa shape index (κ2) is 6.48. The second-order valence-electron chi connectivity index (χ2n) is 6.10. The molecule has 0 aliphatic heterocycles. The Hall–Kier alpha value is -2.83. The summed E-state index contributed by atoms with van der Waals surface area (Å²) in [5, 5.41) is 18.0. The van der Waals surface area contributed by atoms with Gasteiger partial charge in [-0.15, -0.1) is 0 Å². The van der Waals surface area contributed by atoms with Crippen molar-refractivity contribution in [3.8, 4) is 11.3 Å². The molecule has 0 fully saturated rings. The van der Waals surface area contributed by atoms with E-state index in [1.807, 2.05) is 60.0 Å². The molecule has 1 atom stereocenters. The van der Waals surface area contributed by atoms with E-state index in [2.05, 4.69) is 10.4 Å². The maximum absolute atomic E-state index is 10.5. The molecule has 4 rings (SSSR count). The third-order valence-electron chi connectivity index (χ3n) is 4.41. The number of nitrogens with one attached hydrogen (secondary N) is 1. The van der Waals surface area contributed by atoms with Gasteiger partial charge in [0.15, 0.2) is 6.23 Å². The fourth-order valence-corrected chi connectivity index (χ4v) is 3.35. The van der Waals surface area contributed by atoms with Gasteiger partial charge in [0.05, 0.1) is 16.9 Å². The Labute approximate surface area is 155 Å². The number of aromatic nitrogens is 4. The number of rotatable bonds is 4. The van der Waals surface area contributed by atoms with Gasteiger partial charge in [-0.2, -0.15) is 5.10 Å². The topological polar surface area (TPSA) is 67.4 Å². The highest BCUT2D eigenvalue weighted by atomic mass is 35.5. The summed E-state index contributed by atoms with van der Waals surface area (Å²) in [6, 6.07) is 13.9. The molecule has 0 saturated heterocycles. The molecule has 0 aliphatic carbocycles. The number of hydrogen-bond donors (Lipinski definition) is 2. The lowest BCUT2D eigenvalue weighted by atomic mass is 10.1. The Morgan fingerprint density at radius 1 is 1.19 bits per heavy atom. The summed E-state index contributed by atoms with van der Waals surface area (Å²) in [7, 11) is 1.74. The quantitative estimate of drug-likeness (QED) is 0.538. The predicted molar refractivity (Wildman–Crippen MR) is 102 cm³/mol. The molecule has 0 saturated carbocycles. The van der Waals surface area contributed by atoms with Crippen LogP contribution < -0.4 is 5.32 Å². The van der Waals surface area contributed by atoms with Crippen molar-refractivity contribution < 1.29 is 5.11 Å². The van der Waals surface area contributed by atoms with Crippen LogP contribution in [0.15, 0.2) is 54.9 Å². The molecule has 7 heteroatoms. The molecule has 0 bridgehead atoms. The predicted octanol–water partition coefficient (Wildman–Crippen LogP) is 3.80. The van der Waals surface area contributed by atoms with Crippen LogP contribution in [0.4, 0.5) is 5.69 Å². The third-order valence-corrected chi connectivity index (χ3v) is 4.70. The minimum absolute atomic E-state index is 0.414. The van der Waals surface area contributed by atoms with E-state index in [1.54, 1.807) is 11.7 Å². The van der Waals surface area contributed by atoms with E-state index >= 15 is 0 Å². The lowest BCUT2D eigenvalue weighted by Gasteiger charge is -2.15. The van der Waals surface area contributed by atoms with E-state index in [0.717, 1.165) is 28.3 Å². The molecule has 0 aliphatic rings. The molecule has 26 heavy (non-hydrogen) atoms. The summed E-state index contributed by atoms with van der Waals surface area (Å²) in [6.07, 6.45) is 2.47. The average Bonchev–Trinajstić information content (AvgIpc) is 3.15. The summed E-state index contributed by atoms with van der Waals surface area (Å²) < 4.78 is 3.57. The van der Waals surface area contributed by atoms with E-state index < -0.39 is 6.23 Å². The Kier molecular flexibility index (Phi) is 4.14. The first-order chi connectivity index (χ1) is 12.5. The lowest BCUT2D eigenvalue weighted by Crippen LogP contribution is -2.14. The van der Waals surface area contributed by atoms with Crippen molar-refractivity contribution in [2.45, 2.75) is 13.2 Å². The number of hydrogen-bond acceptors (Lipinski definition) is 4. The van der Waals surface area contributed by atoms with Crippen molar-refractivity contribution in [3.05, 3.63) is 71.3 Å². The summed E-state index contributed by atoms with van der Waals surface area (Å²) in [5.74, 6) is 0. The molecule has 0 spiro atoms. The van der Waals surface area contributed by atoms with Crippen LogP contribution in [-0.4, -0.2) is 24.3 Å². The molecular formula is C19H18ClN5O. The molecule has 6 nitrogen and oxygen atoms in total. The van der Waals surface area contributed by atoms with Crippen molar-refractivity contribution in [1.29, 1.82) is 0 Å². The van der Waals surface area contributed by atoms with Crippen molar-refractivity contribution >= 4 is 22.9 Å². The van der Waals surface area contributed by atoms with Gasteiger partial charge in [-0.3, -0.25) is 4.68 Å². The number of anilines is 1. The van der Waals surface area contributed by atoms with Gasteiger partial charge in [-0.05, 0) is 13.0 Å². The van der Waals surface area contributed by atoms with Gasteiger partial charge >= 0.3 is 0 Å². The van der Waals surface area contributed by atoms with Gasteiger partial charge in [0, 0.05) is 36.3 Å². The molecule has 132 valence electrons. The van der Waals surface area contributed by atoms with Crippen molar-refractivity contribution in [2.24, 2.45) is 7.05 Å². The maximum Gasteiger partial charge on any atom is 0.169 e. The van der Waals surface area contributed by atoms with Crippen LogP contribution in [0.5, 0.6) is 0 Å². The molecule has 0 unspecified atom stereocenters. The Balaban J connectivity index is 1.68. The minimum atomic E-state index is -0.970. The van der Waals surface area contributed by atoms with E-state index in [9.17, 15) is 5.11 Å².